The first-order chi connectivity index (χ1) is 34.4. The molecule has 0 amide bonds. The van der Waals surface area contributed by atoms with E-state index in [4.69, 9.17) is 29.0 Å². The summed E-state index contributed by atoms with van der Waals surface area (Å²) < 4.78 is 56.7. The number of phosphoric ester groups is 2. The number of anilines is 1. The first kappa shape index (κ1) is 64.8. The maximum atomic E-state index is 12.9. The van der Waals surface area contributed by atoms with Crippen LogP contribution < -0.4 is 11.4 Å². The first-order valence-corrected chi connectivity index (χ1v) is 29.1. The number of ether oxygens (including phenoxy) is 3. The Balaban J connectivity index is 1.82. The van der Waals surface area contributed by atoms with E-state index in [1.807, 2.05) is 30.4 Å². The fourth-order valence-corrected chi connectivity index (χ4v) is 9.68. The van der Waals surface area contributed by atoms with Crippen LogP contribution in [0.2, 0.25) is 0 Å². The van der Waals surface area contributed by atoms with E-state index >= 15 is 0 Å². The van der Waals surface area contributed by atoms with Crippen molar-refractivity contribution in [3.8, 4) is 0 Å². The maximum absolute atomic E-state index is 12.9. The highest BCUT2D eigenvalue weighted by Crippen LogP contribution is 2.60. The minimum atomic E-state index is -5.44. The van der Waals surface area contributed by atoms with Gasteiger partial charge in [0, 0.05) is 19.0 Å². The molecule has 1 aromatic heterocycles. The molecular formula is C51H87N3O16P2. The molecule has 72 heavy (non-hydrogen) atoms. The summed E-state index contributed by atoms with van der Waals surface area (Å²) in [6.45, 7) is 4.26. The zero-order valence-corrected chi connectivity index (χ0v) is 44.8. The first-order valence-electron chi connectivity index (χ1n) is 26.1. The van der Waals surface area contributed by atoms with Crippen molar-refractivity contribution in [2.45, 2.75) is 212 Å². The Bertz CT molecular complexity index is 1930. The summed E-state index contributed by atoms with van der Waals surface area (Å²) in [5, 5.41) is 30.8. The molecule has 2 heterocycles. The normalized spacial score (nSPS) is 20.0. The van der Waals surface area contributed by atoms with Crippen LogP contribution in [0.15, 0.2) is 65.7 Å². The number of rotatable bonds is 42. The number of unbranched alkanes of at least 4 members (excludes halogenated alkanes) is 14. The van der Waals surface area contributed by atoms with Crippen molar-refractivity contribution in [3.05, 3.63) is 71.4 Å². The van der Waals surface area contributed by atoms with Gasteiger partial charge < -0.3 is 45.1 Å². The van der Waals surface area contributed by atoms with Crippen molar-refractivity contribution in [1.82, 2.24) is 9.55 Å². The summed E-state index contributed by atoms with van der Waals surface area (Å²) in [5.41, 5.74) is 4.58. The van der Waals surface area contributed by atoms with Gasteiger partial charge in [0.1, 0.15) is 30.7 Å². The van der Waals surface area contributed by atoms with Crippen LogP contribution in [-0.2, 0) is 46.3 Å². The second-order valence-corrected chi connectivity index (χ2v) is 21.7. The molecule has 0 spiro atoms. The average Bonchev–Trinajstić information content (AvgIpc) is 3.60. The van der Waals surface area contributed by atoms with Gasteiger partial charge in [-0.05, 0) is 56.9 Å². The molecule has 0 saturated carbocycles. The van der Waals surface area contributed by atoms with Crippen LogP contribution in [0.4, 0.5) is 5.82 Å². The molecule has 21 heteroatoms. The molecule has 412 valence electrons. The van der Waals surface area contributed by atoms with Crippen molar-refractivity contribution in [1.29, 1.82) is 0 Å². The molecule has 0 bridgehead atoms. The molecule has 19 nitrogen and oxygen atoms in total. The molecule has 0 aliphatic carbocycles. The number of aliphatic hydroxyl groups excluding tert-OH is 3. The Kier molecular flexibility index (Phi) is 34.4. The molecule has 7 N–H and O–H groups in total. The second-order valence-electron chi connectivity index (χ2n) is 18.7. The number of aliphatic hydroxyl groups is 3. The van der Waals surface area contributed by atoms with E-state index in [-0.39, 0.29) is 24.8 Å². The van der Waals surface area contributed by atoms with Crippen LogP contribution in [0.25, 0.3) is 0 Å². The number of hydrogen-bond donors (Lipinski definition) is 6. The topological polar surface area (TPSA) is 286 Å². The van der Waals surface area contributed by atoms with Crippen molar-refractivity contribution < 1.29 is 71.4 Å². The van der Waals surface area contributed by atoms with Crippen LogP contribution in [0.3, 0.4) is 0 Å². The lowest BCUT2D eigenvalue weighted by Gasteiger charge is -2.21. The highest BCUT2D eigenvalue weighted by Gasteiger charge is 2.46. The number of nitrogen functional groups attached to an aromatic ring is 1. The fraction of sp³-hybridized carbons (Fsp3) is 0.725. The van der Waals surface area contributed by atoms with Crippen LogP contribution in [0, 0.1) is 5.92 Å². The van der Waals surface area contributed by atoms with Crippen LogP contribution in [-0.4, -0.2) is 96.9 Å². The third-order valence-electron chi connectivity index (χ3n) is 11.7. The van der Waals surface area contributed by atoms with E-state index in [1.54, 1.807) is 0 Å². The number of hydrogen-bond acceptors (Lipinski definition) is 16. The Hall–Kier alpha value is -3.32. The molecule has 0 aromatic carbocycles. The largest absolute Gasteiger partial charge is 0.481 e. The van der Waals surface area contributed by atoms with Gasteiger partial charge in [-0.3, -0.25) is 23.2 Å². The van der Waals surface area contributed by atoms with Gasteiger partial charge in [0.2, 0.25) is 0 Å². The number of nitrogens with zero attached hydrogens (tertiary/aromatic N) is 2. The highest BCUT2D eigenvalue weighted by atomic mass is 31.3. The van der Waals surface area contributed by atoms with E-state index in [0.717, 1.165) is 80.9 Å². The van der Waals surface area contributed by atoms with Crippen molar-refractivity contribution in [2.75, 3.05) is 25.6 Å². The van der Waals surface area contributed by atoms with Gasteiger partial charge in [-0.2, -0.15) is 9.29 Å². The lowest BCUT2D eigenvalue weighted by Crippen LogP contribution is -2.36. The lowest BCUT2D eigenvalue weighted by molar-refractivity contribution is -0.161. The monoisotopic (exact) mass is 1060 g/mol. The molecule has 1 saturated heterocycles. The van der Waals surface area contributed by atoms with Crippen LogP contribution in [0.1, 0.15) is 181 Å². The number of allylic oxidation sites excluding steroid dienone is 7. The summed E-state index contributed by atoms with van der Waals surface area (Å²) in [7, 11) is -10.9. The van der Waals surface area contributed by atoms with Gasteiger partial charge >= 0.3 is 33.3 Å². The molecule has 0 radical (unpaired) electrons. The van der Waals surface area contributed by atoms with E-state index in [1.165, 1.54) is 63.9 Å². The Morgan fingerprint density at radius 3 is 1.90 bits per heavy atom. The van der Waals surface area contributed by atoms with Crippen LogP contribution in [0.5, 0.6) is 0 Å². The van der Waals surface area contributed by atoms with Crippen molar-refractivity contribution in [2.24, 2.45) is 5.92 Å². The average molecular weight is 1060 g/mol. The number of esters is 2. The number of phosphoric acid groups is 2. The van der Waals surface area contributed by atoms with Gasteiger partial charge in [-0.1, -0.05) is 166 Å². The van der Waals surface area contributed by atoms with Crippen LogP contribution >= 0.6 is 15.6 Å². The third-order valence-corrected chi connectivity index (χ3v) is 14.3. The molecule has 1 aliphatic rings. The Morgan fingerprint density at radius 2 is 1.31 bits per heavy atom. The quantitative estimate of drug-likeness (QED) is 0.0154. The van der Waals surface area contributed by atoms with Gasteiger partial charge in [0.15, 0.2) is 12.3 Å². The van der Waals surface area contributed by atoms with E-state index in [0.29, 0.717) is 19.3 Å². The maximum Gasteiger partial charge on any atom is 0.481 e. The highest BCUT2D eigenvalue weighted by molar-refractivity contribution is 7.61. The Labute approximate surface area is 427 Å². The van der Waals surface area contributed by atoms with Gasteiger partial charge in [-0.25, -0.2) is 13.9 Å². The summed E-state index contributed by atoms with van der Waals surface area (Å²) in [5.74, 6) is -0.609. The minimum Gasteiger partial charge on any atom is -0.462 e. The lowest BCUT2D eigenvalue weighted by atomic mass is 10.0. The molecule has 2 rings (SSSR count). The number of carbonyl (C=O) groups excluding carboxylic acids is 2. The molecular weight excluding hydrogens is 973 g/mol. The predicted molar refractivity (Wildman–Crippen MR) is 276 cm³/mol. The summed E-state index contributed by atoms with van der Waals surface area (Å²) >= 11 is 0. The third kappa shape index (κ3) is 31.4. The minimum absolute atomic E-state index is 0.0313. The van der Waals surface area contributed by atoms with Gasteiger partial charge in [0.05, 0.1) is 19.3 Å². The second kappa shape index (κ2) is 38.3. The van der Waals surface area contributed by atoms with Crippen molar-refractivity contribution >= 4 is 33.4 Å². The fourth-order valence-electron chi connectivity index (χ4n) is 7.57. The van der Waals surface area contributed by atoms with E-state index in [2.05, 4.69) is 48.3 Å². The summed E-state index contributed by atoms with van der Waals surface area (Å²) in [6, 6.07) is 1.24. The standard InChI is InChI=1S/C51H87N3O16P2/c1-4-5-32-42(55)33-28-24-20-16-12-9-10-13-17-21-25-29-34-46(56)65-38-43(68-47(57)35-30-26-22-18-14-8-6-7-11-15-19-23-27-31-41(2)3)39-66-71(61,62)70-72(63,64)67-40-44-48(58)49(59)50(69-44)54-37-36-45(52)53-51(54)60/h9-10,16-17,20-21,28,33,36-37,41-44,48-50,55,58-59H,4-8,11-15,18-19,22-27,29-32,34-35,38-40H2,1-3H3,(H,61,62)(H,63,64)(H2,52,53,60)/b10-9-,20-16-,21-17-,33-28-/t42-,43+,44+,48+,49+,50+/m0/s1. The summed E-state index contributed by atoms with van der Waals surface area (Å²) in [6.07, 6.45) is 31.1. The Morgan fingerprint density at radius 1 is 0.750 bits per heavy atom. The van der Waals surface area contributed by atoms with Gasteiger partial charge in [0.25, 0.3) is 0 Å². The molecule has 1 aromatic rings. The molecule has 1 fully saturated rings. The molecule has 1 aliphatic heterocycles. The number of nitrogens with two attached hydrogens (primary N) is 1. The molecule has 2 unspecified atom stereocenters. The number of carbonyl (C=O) groups is 2. The molecule has 8 atom stereocenters. The summed E-state index contributed by atoms with van der Waals surface area (Å²) in [4.78, 5) is 61.9. The van der Waals surface area contributed by atoms with Gasteiger partial charge in [-0.15, -0.1) is 0 Å². The van der Waals surface area contributed by atoms with E-state index < -0.39 is 83.7 Å². The van der Waals surface area contributed by atoms with E-state index in [9.17, 15) is 48.6 Å². The zero-order chi connectivity index (χ0) is 53.0. The smallest absolute Gasteiger partial charge is 0.462 e. The predicted octanol–water partition coefficient (Wildman–Crippen LogP) is 9.77. The van der Waals surface area contributed by atoms with Crippen molar-refractivity contribution in [3.63, 3.8) is 0 Å². The SMILES string of the molecule is CCCC[C@H](O)/C=C\C/C=C\C/C=C\C/C=C\CCCC(=O)OC[C@H](COP(=O)(O)OP(=O)(O)OC[C@H]1O[C@@H](n2ccc(N)nc2=O)[C@H](O)[C@@H]1O)OC(=O)CCCCCCCCCCCCCCCC(C)C. The number of aromatic nitrogens is 2. The zero-order valence-electron chi connectivity index (χ0n) is 43.0.